The SMILES string of the molecule is CCC(C)NC(=O)c1csc(CN(Cc2cccc(C(F)(F)F)c2)Cc2ccc3c(c2)OCO3)n1.COc1ccc(CN(Cc2ccc3c(c2)OCO3)Cc2nc(C(=O)NCc3cccc(C(F)(F)F)c3)cs2)c(OC)c1. The van der Waals surface area contributed by atoms with Crippen LogP contribution in [0, 0.1) is 0 Å². The van der Waals surface area contributed by atoms with Crippen LogP contribution in [0.15, 0.2) is 114 Å². The van der Waals surface area contributed by atoms with Crippen LogP contribution in [0.25, 0.3) is 0 Å². The zero-order chi connectivity index (χ0) is 54.7. The van der Waals surface area contributed by atoms with Crippen molar-refractivity contribution in [1.29, 1.82) is 0 Å². The van der Waals surface area contributed by atoms with Crippen molar-refractivity contribution in [2.45, 2.75) is 84.5 Å². The number of ether oxygens (including phenoxy) is 6. The Kier molecular flexibility index (Phi) is 18.2. The molecule has 0 saturated heterocycles. The first-order chi connectivity index (χ1) is 36.9. The normalized spacial score (nSPS) is 13.0. The number of nitrogens with one attached hydrogen (secondary N) is 2. The van der Waals surface area contributed by atoms with Crippen molar-refractivity contribution in [1.82, 2.24) is 30.4 Å². The highest BCUT2D eigenvalue weighted by atomic mass is 32.1. The average molecular weight is 1110 g/mol. The molecular formula is C55H54F6N6O8S2. The zero-order valence-corrected chi connectivity index (χ0v) is 43.9. The Morgan fingerprint density at radius 1 is 0.610 bits per heavy atom. The third kappa shape index (κ3) is 15.4. The maximum atomic E-state index is 13.2. The van der Waals surface area contributed by atoms with Gasteiger partial charge in [-0.1, -0.05) is 55.5 Å². The van der Waals surface area contributed by atoms with Crippen molar-refractivity contribution in [2.75, 3.05) is 27.8 Å². The van der Waals surface area contributed by atoms with Crippen LogP contribution >= 0.6 is 22.7 Å². The van der Waals surface area contributed by atoms with Gasteiger partial charge in [0.25, 0.3) is 11.8 Å². The fourth-order valence-electron chi connectivity index (χ4n) is 8.15. The van der Waals surface area contributed by atoms with E-state index in [1.165, 1.54) is 46.9 Å². The summed E-state index contributed by atoms with van der Waals surface area (Å²) in [5, 5.41) is 10.3. The number of nitrogens with zero attached hydrogens (tertiary/aromatic N) is 4. The molecule has 406 valence electrons. The topological polar surface area (TPSA) is 146 Å². The minimum absolute atomic E-state index is 0.0380. The predicted octanol–water partition coefficient (Wildman–Crippen LogP) is 11.7. The molecule has 1 atom stereocenters. The highest BCUT2D eigenvalue weighted by molar-refractivity contribution is 7.10. The van der Waals surface area contributed by atoms with Gasteiger partial charge in [-0.3, -0.25) is 19.4 Å². The van der Waals surface area contributed by atoms with E-state index in [9.17, 15) is 35.9 Å². The van der Waals surface area contributed by atoms with E-state index in [-0.39, 0.29) is 44.3 Å². The van der Waals surface area contributed by atoms with Crippen LogP contribution in [-0.4, -0.2) is 65.4 Å². The summed E-state index contributed by atoms with van der Waals surface area (Å²) in [6.07, 6.45) is -8.06. The maximum Gasteiger partial charge on any atom is 0.416 e. The molecule has 22 heteroatoms. The highest BCUT2D eigenvalue weighted by Gasteiger charge is 2.32. The lowest BCUT2D eigenvalue weighted by molar-refractivity contribution is -0.138. The van der Waals surface area contributed by atoms with Gasteiger partial charge in [0, 0.05) is 61.2 Å². The van der Waals surface area contributed by atoms with E-state index >= 15 is 0 Å². The Labute approximate surface area is 448 Å². The average Bonchev–Trinajstić information content (AvgIpc) is 4.27. The lowest BCUT2D eigenvalue weighted by Crippen LogP contribution is -2.32. The molecule has 1 unspecified atom stereocenters. The molecular weight excluding hydrogens is 1050 g/mol. The number of aromatic nitrogens is 2. The zero-order valence-electron chi connectivity index (χ0n) is 42.3. The van der Waals surface area contributed by atoms with Crippen LogP contribution in [0.3, 0.4) is 0 Å². The van der Waals surface area contributed by atoms with Crippen molar-refractivity contribution < 1.29 is 64.4 Å². The van der Waals surface area contributed by atoms with E-state index < -0.39 is 29.4 Å². The lowest BCUT2D eigenvalue weighted by atomic mass is 10.1. The molecule has 9 rings (SSSR count). The van der Waals surface area contributed by atoms with Gasteiger partial charge in [-0.2, -0.15) is 26.3 Å². The van der Waals surface area contributed by atoms with Crippen LogP contribution in [-0.2, 0) is 58.2 Å². The van der Waals surface area contributed by atoms with Gasteiger partial charge in [-0.05, 0) is 84.1 Å². The molecule has 2 N–H and O–H groups in total. The third-order valence-electron chi connectivity index (χ3n) is 12.2. The number of alkyl halides is 6. The monoisotopic (exact) mass is 1100 g/mol. The predicted molar refractivity (Wildman–Crippen MR) is 276 cm³/mol. The number of halogens is 6. The van der Waals surface area contributed by atoms with E-state index in [0.717, 1.165) is 41.3 Å². The summed E-state index contributed by atoms with van der Waals surface area (Å²) in [5.41, 5.74) is 2.84. The first kappa shape index (κ1) is 55.8. The van der Waals surface area contributed by atoms with Crippen LogP contribution < -0.4 is 39.1 Å². The first-order valence-corrected chi connectivity index (χ1v) is 25.9. The smallest absolute Gasteiger partial charge is 0.416 e. The van der Waals surface area contributed by atoms with Gasteiger partial charge in [-0.15, -0.1) is 22.7 Å². The van der Waals surface area contributed by atoms with E-state index in [4.69, 9.17) is 28.4 Å². The van der Waals surface area contributed by atoms with Gasteiger partial charge in [0.1, 0.15) is 32.9 Å². The minimum atomic E-state index is -4.45. The fraction of sp³-hybridized carbons (Fsp3) is 0.309. The Morgan fingerprint density at radius 2 is 1.12 bits per heavy atom. The standard InChI is InChI=1S/C30H28F3N3O5S.C25H26F3N3O3S/c1-38-23-8-7-21(26(12-23)39-2)15-36(14-20-6-9-25-27(11-20)41-18-40-25)16-28-35-24(17-42-28)29(37)34-13-19-4-3-5-22(10-19)30(31,32)33;1-3-16(2)29-24(32)20-14-35-23(30-20)13-31(11-17-5-4-6-19(9-17)25(26,27)28)12-18-7-8-21-22(10-18)34-15-33-21/h3-12,17H,13-16,18H2,1-2H3,(H,34,37);4-10,14,16H,3,11-13,15H2,1-2H3,(H,29,32). The van der Waals surface area contributed by atoms with Crippen molar-refractivity contribution in [3.63, 3.8) is 0 Å². The van der Waals surface area contributed by atoms with Gasteiger partial charge in [0.15, 0.2) is 23.0 Å². The Hall–Kier alpha value is -7.40. The van der Waals surface area contributed by atoms with Gasteiger partial charge in [0.05, 0.1) is 38.4 Å². The molecule has 0 radical (unpaired) electrons. The third-order valence-corrected chi connectivity index (χ3v) is 13.9. The molecule has 0 fully saturated rings. The molecule has 0 saturated carbocycles. The Balaban J connectivity index is 0.000000207. The van der Waals surface area contributed by atoms with Gasteiger partial charge < -0.3 is 39.1 Å². The number of benzene rings is 5. The van der Waals surface area contributed by atoms with Crippen molar-refractivity contribution in [2.24, 2.45) is 0 Å². The minimum Gasteiger partial charge on any atom is -0.497 e. The second-order valence-corrected chi connectivity index (χ2v) is 19.8. The molecule has 77 heavy (non-hydrogen) atoms. The molecule has 7 aromatic rings. The van der Waals surface area contributed by atoms with E-state index in [2.05, 4.69) is 25.5 Å². The van der Waals surface area contributed by atoms with Crippen LogP contribution in [0.1, 0.15) is 90.2 Å². The lowest BCUT2D eigenvalue weighted by Gasteiger charge is -2.23. The summed E-state index contributed by atoms with van der Waals surface area (Å²) in [7, 11) is 3.20. The molecule has 14 nitrogen and oxygen atoms in total. The maximum absolute atomic E-state index is 13.2. The number of hydrogen-bond acceptors (Lipinski definition) is 14. The van der Waals surface area contributed by atoms with Crippen molar-refractivity contribution >= 4 is 34.5 Å². The summed E-state index contributed by atoms with van der Waals surface area (Å²) in [5.74, 6) is 3.34. The number of methoxy groups -OCH3 is 2. The van der Waals surface area contributed by atoms with E-state index in [0.29, 0.717) is 94.1 Å². The molecule has 5 aromatic carbocycles. The molecule has 2 amide bonds. The molecule has 4 heterocycles. The number of carbonyl (C=O) groups excluding carboxylic acids is 2. The summed E-state index contributed by atoms with van der Waals surface area (Å²) in [6.45, 7) is 6.77. The molecule has 0 spiro atoms. The molecule has 0 aliphatic carbocycles. The summed E-state index contributed by atoms with van der Waals surface area (Å²) in [4.78, 5) is 38.3. The summed E-state index contributed by atoms with van der Waals surface area (Å²) >= 11 is 2.68. The number of fused-ring (bicyclic) bond motifs is 2. The molecule has 2 aliphatic rings. The molecule has 0 bridgehead atoms. The van der Waals surface area contributed by atoms with Gasteiger partial charge in [-0.25, -0.2) is 9.97 Å². The number of hydrogen-bond donors (Lipinski definition) is 2. The molecule has 2 aliphatic heterocycles. The highest BCUT2D eigenvalue weighted by Crippen LogP contribution is 2.36. The Bertz CT molecular complexity index is 3150. The van der Waals surface area contributed by atoms with Crippen molar-refractivity contribution in [3.8, 4) is 34.5 Å². The Morgan fingerprint density at radius 3 is 1.65 bits per heavy atom. The summed E-state index contributed by atoms with van der Waals surface area (Å²) in [6, 6.07) is 27.2. The fourth-order valence-corrected chi connectivity index (χ4v) is 9.78. The van der Waals surface area contributed by atoms with Crippen molar-refractivity contribution in [3.05, 3.63) is 174 Å². The summed E-state index contributed by atoms with van der Waals surface area (Å²) < 4.78 is 112. The van der Waals surface area contributed by atoms with E-state index in [1.807, 2.05) is 73.3 Å². The molecule has 2 aromatic heterocycles. The van der Waals surface area contributed by atoms with Crippen LogP contribution in [0.4, 0.5) is 26.3 Å². The number of carbonyl (C=O) groups is 2. The number of thiazole rings is 2. The number of rotatable bonds is 20. The van der Waals surface area contributed by atoms with Gasteiger partial charge >= 0.3 is 12.4 Å². The largest absolute Gasteiger partial charge is 0.497 e. The van der Waals surface area contributed by atoms with E-state index in [1.54, 1.807) is 31.0 Å². The van der Waals surface area contributed by atoms with Gasteiger partial charge in [0.2, 0.25) is 13.6 Å². The number of amides is 2. The second kappa shape index (κ2) is 25.2. The first-order valence-electron chi connectivity index (χ1n) is 24.2. The second-order valence-electron chi connectivity index (χ2n) is 18.0. The quantitative estimate of drug-likeness (QED) is 0.0701. The van der Waals surface area contributed by atoms with Crippen LogP contribution in [0.5, 0.6) is 34.5 Å². The van der Waals surface area contributed by atoms with Crippen LogP contribution in [0.2, 0.25) is 0 Å².